The van der Waals surface area contributed by atoms with Gasteiger partial charge in [0.15, 0.2) is 0 Å². The third-order valence-electron chi connectivity index (χ3n) is 5.00. The highest BCUT2D eigenvalue weighted by Crippen LogP contribution is 2.13. The van der Waals surface area contributed by atoms with E-state index in [-0.39, 0.29) is 13.2 Å². The number of esters is 1. The van der Waals surface area contributed by atoms with E-state index in [1.807, 2.05) is 18.2 Å². The van der Waals surface area contributed by atoms with Gasteiger partial charge in [-0.3, -0.25) is 19.2 Å². The van der Waals surface area contributed by atoms with Crippen molar-refractivity contribution in [3.05, 3.63) is 35.9 Å². The fourth-order valence-electron chi connectivity index (χ4n) is 2.82. The molecule has 4 N–H and O–H groups in total. The lowest BCUT2D eigenvalue weighted by Crippen LogP contribution is -2.66. The number of benzene rings is 1. The van der Waals surface area contributed by atoms with Gasteiger partial charge in [0, 0.05) is 0 Å². The lowest BCUT2D eigenvalue weighted by molar-refractivity contribution is -0.154. The molecule has 206 valence electrons. The molecule has 0 atom stereocenters. The average molecular weight is 521 g/mol. The molecule has 1 aromatic carbocycles. The van der Waals surface area contributed by atoms with Gasteiger partial charge in [-0.25, -0.2) is 4.79 Å². The van der Waals surface area contributed by atoms with E-state index in [1.165, 1.54) is 41.5 Å². The largest absolute Gasteiger partial charge is 0.459 e. The molecular weight excluding hydrogens is 480 g/mol. The van der Waals surface area contributed by atoms with Crippen molar-refractivity contribution < 1.29 is 33.4 Å². The molecule has 1 rings (SSSR count). The van der Waals surface area contributed by atoms with Gasteiger partial charge in [0.1, 0.15) is 35.4 Å². The van der Waals surface area contributed by atoms with Crippen LogP contribution in [0.2, 0.25) is 0 Å². The summed E-state index contributed by atoms with van der Waals surface area (Å²) in [6.07, 6.45) is -0.797. The Morgan fingerprint density at radius 3 is 1.62 bits per heavy atom. The molecule has 0 aliphatic heterocycles. The van der Waals surface area contributed by atoms with Crippen LogP contribution in [0, 0.1) is 0 Å². The third-order valence-corrected chi connectivity index (χ3v) is 5.00. The van der Waals surface area contributed by atoms with E-state index < -0.39 is 52.0 Å². The molecule has 0 fully saturated rings. The van der Waals surface area contributed by atoms with Gasteiger partial charge in [-0.1, -0.05) is 30.3 Å². The molecule has 0 unspecified atom stereocenters. The Balaban J connectivity index is 2.67. The first-order chi connectivity index (χ1) is 16.7. The summed E-state index contributed by atoms with van der Waals surface area (Å²) in [7, 11) is 0. The van der Waals surface area contributed by atoms with E-state index in [0.717, 1.165) is 5.56 Å². The van der Waals surface area contributed by atoms with Crippen LogP contribution < -0.4 is 21.3 Å². The number of amides is 4. The first kappa shape index (κ1) is 31.4. The second-order valence-corrected chi connectivity index (χ2v) is 11.2. The van der Waals surface area contributed by atoms with Crippen LogP contribution in [-0.2, 0) is 35.3 Å². The van der Waals surface area contributed by atoms with Crippen molar-refractivity contribution in [3.8, 4) is 0 Å². The molecule has 0 heterocycles. The summed E-state index contributed by atoms with van der Waals surface area (Å²) in [5.41, 5.74) is -4.18. The third kappa shape index (κ3) is 10.9. The molecule has 11 nitrogen and oxygen atoms in total. The number of hydrogen-bond donors (Lipinski definition) is 4. The number of alkyl carbamates (subject to hydrolysis) is 1. The second kappa shape index (κ2) is 12.1. The molecular formula is C26H40N4O7. The maximum atomic E-state index is 12.9. The van der Waals surface area contributed by atoms with Crippen LogP contribution in [0.5, 0.6) is 0 Å². The number of ether oxygens (including phenoxy) is 2. The predicted molar refractivity (Wildman–Crippen MR) is 137 cm³/mol. The topological polar surface area (TPSA) is 152 Å². The molecule has 11 heteroatoms. The number of carbonyl (C=O) groups excluding carboxylic acids is 5. The standard InChI is InChI=1S/C26H40N4O7/c1-23(2,3)37-18(31)15-27-19(32)24(4,5)28-20(33)25(6,7)29-21(34)26(8,9)30-22(35)36-16-17-13-11-10-12-14-17/h10-14H,15-16H2,1-9H3,(H,27,32)(H,28,33)(H,29,34)(H,30,35). The van der Waals surface area contributed by atoms with Gasteiger partial charge in [-0.15, -0.1) is 0 Å². The fraction of sp³-hybridized carbons (Fsp3) is 0.577. The lowest BCUT2D eigenvalue weighted by atomic mass is 9.96. The Morgan fingerprint density at radius 2 is 1.14 bits per heavy atom. The van der Waals surface area contributed by atoms with Crippen LogP contribution in [0.1, 0.15) is 67.9 Å². The van der Waals surface area contributed by atoms with Crippen LogP contribution in [0.25, 0.3) is 0 Å². The van der Waals surface area contributed by atoms with Gasteiger partial charge in [0.2, 0.25) is 17.7 Å². The van der Waals surface area contributed by atoms with E-state index in [1.54, 1.807) is 32.9 Å². The zero-order valence-corrected chi connectivity index (χ0v) is 23.2. The van der Waals surface area contributed by atoms with Gasteiger partial charge >= 0.3 is 12.1 Å². The average Bonchev–Trinajstić information content (AvgIpc) is 2.74. The highest BCUT2D eigenvalue weighted by atomic mass is 16.6. The van der Waals surface area contributed by atoms with Crippen LogP contribution in [0.15, 0.2) is 30.3 Å². The molecule has 0 bridgehead atoms. The Kier molecular flexibility index (Phi) is 10.2. The summed E-state index contributed by atoms with van der Waals surface area (Å²) >= 11 is 0. The molecule has 0 saturated carbocycles. The zero-order valence-electron chi connectivity index (χ0n) is 23.2. The Labute approximate surface area is 218 Å². The van der Waals surface area contributed by atoms with Crippen molar-refractivity contribution in [2.24, 2.45) is 0 Å². The summed E-state index contributed by atoms with van der Waals surface area (Å²) in [5.74, 6) is -2.53. The molecule has 0 saturated heterocycles. The maximum Gasteiger partial charge on any atom is 0.408 e. The van der Waals surface area contributed by atoms with Crippen molar-refractivity contribution in [1.82, 2.24) is 21.3 Å². The first-order valence-electron chi connectivity index (χ1n) is 11.9. The number of nitrogens with one attached hydrogen (secondary N) is 4. The quantitative estimate of drug-likeness (QED) is 0.344. The minimum atomic E-state index is -1.45. The van der Waals surface area contributed by atoms with Crippen LogP contribution in [0.4, 0.5) is 4.79 Å². The van der Waals surface area contributed by atoms with E-state index in [4.69, 9.17) is 9.47 Å². The van der Waals surface area contributed by atoms with Crippen molar-refractivity contribution in [3.63, 3.8) is 0 Å². The summed E-state index contributed by atoms with van der Waals surface area (Å²) in [5, 5.41) is 10.1. The summed E-state index contributed by atoms with van der Waals surface area (Å²) in [6, 6.07) is 9.06. The Hall–Kier alpha value is -3.63. The minimum Gasteiger partial charge on any atom is -0.459 e. The number of carbonyl (C=O) groups is 5. The van der Waals surface area contributed by atoms with E-state index in [2.05, 4.69) is 21.3 Å². The zero-order chi connectivity index (χ0) is 28.7. The molecule has 4 amide bonds. The van der Waals surface area contributed by atoms with Gasteiger partial charge in [0.05, 0.1) is 0 Å². The van der Waals surface area contributed by atoms with Gasteiger partial charge in [-0.2, -0.15) is 0 Å². The Morgan fingerprint density at radius 1 is 0.676 bits per heavy atom. The summed E-state index contributed by atoms with van der Waals surface area (Å²) < 4.78 is 10.3. The smallest absolute Gasteiger partial charge is 0.408 e. The lowest BCUT2D eigenvalue weighted by Gasteiger charge is -2.34. The Bertz CT molecular complexity index is 996. The molecule has 0 spiro atoms. The molecule has 37 heavy (non-hydrogen) atoms. The summed E-state index contributed by atoms with van der Waals surface area (Å²) in [4.78, 5) is 62.5. The van der Waals surface area contributed by atoms with Crippen molar-refractivity contribution in [1.29, 1.82) is 0 Å². The second-order valence-electron chi connectivity index (χ2n) is 11.2. The van der Waals surface area contributed by atoms with Gasteiger partial charge < -0.3 is 30.7 Å². The van der Waals surface area contributed by atoms with Crippen molar-refractivity contribution >= 4 is 29.8 Å². The molecule has 0 aromatic heterocycles. The molecule has 0 aliphatic carbocycles. The van der Waals surface area contributed by atoms with Crippen molar-refractivity contribution in [2.75, 3.05) is 6.54 Å². The minimum absolute atomic E-state index is 0.0311. The maximum absolute atomic E-state index is 12.9. The van der Waals surface area contributed by atoms with Gasteiger partial charge in [0.25, 0.3) is 0 Å². The fourth-order valence-corrected chi connectivity index (χ4v) is 2.82. The van der Waals surface area contributed by atoms with E-state index in [9.17, 15) is 24.0 Å². The SMILES string of the molecule is CC(C)(C)OC(=O)CNC(=O)C(C)(C)NC(=O)C(C)(C)NC(=O)C(C)(C)NC(=O)OCc1ccccc1. The van der Waals surface area contributed by atoms with Gasteiger partial charge in [-0.05, 0) is 67.9 Å². The van der Waals surface area contributed by atoms with E-state index >= 15 is 0 Å². The first-order valence-corrected chi connectivity index (χ1v) is 11.9. The monoisotopic (exact) mass is 520 g/mol. The molecule has 0 radical (unpaired) electrons. The highest BCUT2D eigenvalue weighted by molar-refractivity contribution is 5.98. The normalized spacial score (nSPS) is 12.1. The highest BCUT2D eigenvalue weighted by Gasteiger charge is 2.40. The molecule has 1 aromatic rings. The van der Waals surface area contributed by atoms with Crippen LogP contribution in [-0.4, -0.2) is 58.5 Å². The number of hydrogen-bond acceptors (Lipinski definition) is 7. The summed E-state index contributed by atoms with van der Waals surface area (Å²) in [6.45, 7) is 13.6. The number of rotatable bonds is 10. The van der Waals surface area contributed by atoms with Crippen LogP contribution in [0.3, 0.4) is 0 Å². The van der Waals surface area contributed by atoms with Crippen LogP contribution >= 0.6 is 0 Å². The van der Waals surface area contributed by atoms with E-state index in [0.29, 0.717) is 0 Å². The predicted octanol–water partition coefficient (Wildman–Crippen LogP) is 1.94. The van der Waals surface area contributed by atoms with Crippen molar-refractivity contribution in [2.45, 2.75) is 91.1 Å². The molecule has 0 aliphatic rings.